The number of benzene rings is 1. The number of ether oxygens (including phenoxy) is 1. The quantitative estimate of drug-likeness (QED) is 0.714. The van der Waals surface area contributed by atoms with Gasteiger partial charge >= 0.3 is 5.97 Å². The first-order chi connectivity index (χ1) is 10.4. The molecule has 0 spiro atoms. The molecule has 1 aliphatic rings. The number of esters is 1. The van der Waals surface area contributed by atoms with Gasteiger partial charge in [-0.15, -0.1) is 0 Å². The molecule has 1 atom stereocenters. The number of ketones is 1. The highest BCUT2D eigenvalue weighted by Crippen LogP contribution is 2.37. The van der Waals surface area contributed by atoms with Crippen molar-refractivity contribution in [1.29, 1.82) is 0 Å². The summed E-state index contributed by atoms with van der Waals surface area (Å²) in [7, 11) is 0. The number of phenols is 2. The largest absolute Gasteiger partial charge is 0.507 e. The zero-order valence-corrected chi connectivity index (χ0v) is 13.2. The lowest BCUT2D eigenvalue weighted by atomic mass is 9.95. The van der Waals surface area contributed by atoms with E-state index in [0.717, 1.165) is 25.3 Å². The third-order valence-corrected chi connectivity index (χ3v) is 4.19. The number of hydrogen-bond donors (Lipinski definition) is 2. The van der Waals surface area contributed by atoms with Crippen LogP contribution < -0.4 is 0 Å². The van der Waals surface area contributed by atoms with Crippen LogP contribution in [-0.2, 0) is 16.0 Å². The van der Waals surface area contributed by atoms with Gasteiger partial charge in [-0.25, -0.2) is 0 Å². The number of fused-ring (bicyclic) bond motifs is 1. The number of hydrogen-bond acceptors (Lipinski definition) is 5. The van der Waals surface area contributed by atoms with Crippen molar-refractivity contribution < 1.29 is 24.5 Å². The lowest BCUT2D eigenvalue weighted by molar-refractivity contribution is -0.147. The smallest absolute Gasteiger partial charge is 0.310 e. The van der Waals surface area contributed by atoms with Gasteiger partial charge in [0.25, 0.3) is 0 Å². The van der Waals surface area contributed by atoms with Crippen LogP contribution in [-0.4, -0.2) is 28.1 Å². The predicted octanol–water partition coefficient (Wildman–Crippen LogP) is 3.37. The summed E-state index contributed by atoms with van der Waals surface area (Å²) in [6.07, 6.45) is 2.95. The highest BCUT2D eigenvalue weighted by Gasteiger charge is 2.25. The monoisotopic (exact) mass is 326 g/mol. The minimum Gasteiger partial charge on any atom is -0.507 e. The van der Waals surface area contributed by atoms with E-state index in [1.807, 2.05) is 6.92 Å². The fraction of sp³-hybridized carbons (Fsp3) is 0.500. The van der Waals surface area contributed by atoms with E-state index in [0.29, 0.717) is 6.42 Å². The van der Waals surface area contributed by atoms with Crippen LogP contribution in [0.2, 0.25) is 5.02 Å². The van der Waals surface area contributed by atoms with Crippen molar-refractivity contribution >= 4 is 23.4 Å². The van der Waals surface area contributed by atoms with Gasteiger partial charge in [0.2, 0.25) is 0 Å². The molecule has 1 aliphatic heterocycles. The molecule has 1 aromatic carbocycles. The molecule has 120 valence electrons. The van der Waals surface area contributed by atoms with Crippen LogP contribution in [0.1, 0.15) is 54.9 Å². The molecule has 0 amide bonds. The van der Waals surface area contributed by atoms with Crippen molar-refractivity contribution in [3.63, 3.8) is 0 Å². The molecule has 0 saturated carbocycles. The van der Waals surface area contributed by atoms with Crippen LogP contribution in [0.3, 0.4) is 0 Å². The van der Waals surface area contributed by atoms with E-state index in [1.165, 1.54) is 0 Å². The molecule has 0 unspecified atom stereocenters. The summed E-state index contributed by atoms with van der Waals surface area (Å²) in [5.41, 5.74) is 0.134. The summed E-state index contributed by atoms with van der Waals surface area (Å²) in [4.78, 5) is 24.3. The lowest BCUT2D eigenvalue weighted by Gasteiger charge is -2.17. The Labute approximate surface area is 133 Å². The van der Waals surface area contributed by atoms with E-state index < -0.39 is 5.97 Å². The molecule has 0 aromatic heterocycles. The molecule has 0 radical (unpaired) electrons. The second-order valence-corrected chi connectivity index (χ2v) is 5.96. The molecule has 1 heterocycles. The number of halogens is 1. The average Bonchev–Trinajstić information content (AvgIpc) is 2.42. The van der Waals surface area contributed by atoms with Crippen molar-refractivity contribution in [3.05, 3.63) is 22.2 Å². The van der Waals surface area contributed by atoms with E-state index in [4.69, 9.17) is 16.3 Å². The molecule has 0 fully saturated rings. The van der Waals surface area contributed by atoms with E-state index in [1.54, 1.807) is 0 Å². The van der Waals surface area contributed by atoms with Crippen molar-refractivity contribution in [3.8, 4) is 11.5 Å². The van der Waals surface area contributed by atoms with Crippen LogP contribution in [0.25, 0.3) is 0 Å². The molecular weight excluding hydrogens is 308 g/mol. The Bertz CT molecular complexity index is 597. The Morgan fingerprint density at radius 3 is 2.64 bits per heavy atom. The summed E-state index contributed by atoms with van der Waals surface area (Å²) in [5, 5.41) is 19.6. The summed E-state index contributed by atoms with van der Waals surface area (Å²) < 4.78 is 5.28. The molecule has 0 saturated heterocycles. The molecule has 1 aromatic rings. The predicted molar refractivity (Wildman–Crippen MR) is 81.5 cm³/mol. The lowest BCUT2D eigenvalue weighted by Crippen LogP contribution is -2.19. The maximum Gasteiger partial charge on any atom is 0.310 e. The zero-order valence-electron chi connectivity index (χ0n) is 12.4. The van der Waals surface area contributed by atoms with Crippen molar-refractivity contribution in [2.75, 3.05) is 0 Å². The number of rotatable bonds is 0. The van der Waals surface area contributed by atoms with Crippen molar-refractivity contribution in [1.82, 2.24) is 0 Å². The first-order valence-electron chi connectivity index (χ1n) is 7.36. The molecule has 6 heteroatoms. The second kappa shape index (κ2) is 7.01. The summed E-state index contributed by atoms with van der Waals surface area (Å²) in [6.45, 7) is 1.82. The van der Waals surface area contributed by atoms with Gasteiger partial charge in [0.1, 0.15) is 11.5 Å². The molecule has 0 bridgehead atoms. The van der Waals surface area contributed by atoms with Crippen LogP contribution in [0.4, 0.5) is 0 Å². The fourth-order valence-corrected chi connectivity index (χ4v) is 2.87. The molecule has 22 heavy (non-hydrogen) atoms. The van der Waals surface area contributed by atoms with E-state index in [-0.39, 0.29) is 52.4 Å². The van der Waals surface area contributed by atoms with Gasteiger partial charge in [-0.3, -0.25) is 9.59 Å². The second-order valence-electron chi connectivity index (χ2n) is 5.58. The SMILES string of the molecule is C[C@@H]1CCCCCC(=O)c2c(O)cc(O)c(Cl)c2CC(=O)O1. The fourth-order valence-electron chi connectivity index (χ4n) is 2.65. The van der Waals surface area contributed by atoms with Gasteiger partial charge in [0, 0.05) is 18.1 Å². The highest BCUT2D eigenvalue weighted by atomic mass is 35.5. The Balaban J connectivity index is 2.45. The van der Waals surface area contributed by atoms with Crippen molar-refractivity contribution in [2.45, 2.75) is 51.6 Å². The van der Waals surface area contributed by atoms with E-state index in [2.05, 4.69) is 0 Å². The molecule has 2 rings (SSSR count). The maximum atomic E-state index is 12.3. The zero-order chi connectivity index (χ0) is 16.3. The van der Waals surface area contributed by atoms with E-state index in [9.17, 15) is 19.8 Å². The molecule has 5 nitrogen and oxygen atoms in total. The number of aromatic hydroxyl groups is 2. The number of phenolic OH excluding ortho intramolecular Hbond substituents is 2. The third kappa shape index (κ3) is 3.71. The van der Waals surface area contributed by atoms with Gasteiger partial charge in [-0.1, -0.05) is 18.0 Å². The number of carbonyl (C=O) groups is 2. The van der Waals surface area contributed by atoms with Gasteiger partial charge in [-0.2, -0.15) is 0 Å². The summed E-state index contributed by atoms with van der Waals surface area (Å²) >= 11 is 6.02. The number of cyclic esters (lactones) is 1. The number of carbonyl (C=O) groups excluding carboxylic acids is 2. The van der Waals surface area contributed by atoms with Gasteiger partial charge in [0.05, 0.1) is 23.1 Å². The Kier molecular flexibility index (Phi) is 5.29. The molecular formula is C16H19ClO5. The first-order valence-corrected chi connectivity index (χ1v) is 7.74. The first kappa shape index (κ1) is 16.6. The summed E-state index contributed by atoms with van der Waals surface area (Å²) in [5.74, 6) is -1.54. The summed E-state index contributed by atoms with van der Waals surface area (Å²) in [6, 6.07) is 1.03. The minimum atomic E-state index is -0.533. The molecule has 0 aliphatic carbocycles. The Morgan fingerprint density at radius 1 is 1.18 bits per heavy atom. The Hall–Kier alpha value is -1.75. The normalized spacial score (nSPS) is 20.5. The van der Waals surface area contributed by atoms with Crippen LogP contribution >= 0.6 is 11.6 Å². The third-order valence-electron chi connectivity index (χ3n) is 3.77. The van der Waals surface area contributed by atoms with Crippen molar-refractivity contribution in [2.24, 2.45) is 0 Å². The minimum absolute atomic E-state index is 0.00739. The van der Waals surface area contributed by atoms with Gasteiger partial charge < -0.3 is 14.9 Å². The van der Waals surface area contributed by atoms with Gasteiger partial charge in [0.15, 0.2) is 5.78 Å². The maximum absolute atomic E-state index is 12.3. The van der Waals surface area contributed by atoms with Crippen LogP contribution in [0, 0.1) is 0 Å². The Morgan fingerprint density at radius 2 is 1.91 bits per heavy atom. The average molecular weight is 327 g/mol. The number of Topliss-reactive ketones (excluding diaryl/α,β-unsaturated/α-hetero) is 1. The topological polar surface area (TPSA) is 83.8 Å². The van der Waals surface area contributed by atoms with E-state index >= 15 is 0 Å². The molecule has 2 N–H and O–H groups in total. The van der Waals surface area contributed by atoms with Gasteiger partial charge in [-0.05, 0) is 26.2 Å². The highest BCUT2D eigenvalue weighted by molar-refractivity contribution is 6.33. The van der Waals surface area contributed by atoms with Crippen LogP contribution in [0.15, 0.2) is 6.07 Å². The standard InChI is InChI=1S/C16H19ClO5/c1-9-5-3-2-4-6-11(18)15-10(7-14(21)22-9)16(17)13(20)8-12(15)19/h8-9,19-20H,2-7H2,1H3/t9-/m1/s1. The van der Waals surface area contributed by atoms with Crippen LogP contribution in [0.5, 0.6) is 11.5 Å².